The molecular formula is C37H43F2N5O6. The van der Waals surface area contributed by atoms with Crippen LogP contribution < -0.4 is 15.5 Å². The first-order valence-electron chi connectivity index (χ1n) is 16.4. The fourth-order valence-corrected chi connectivity index (χ4v) is 5.55. The second-order valence-corrected chi connectivity index (χ2v) is 11.9. The van der Waals surface area contributed by atoms with Crippen molar-refractivity contribution in [3.05, 3.63) is 107 Å². The second-order valence-electron chi connectivity index (χ2n) is 11.9. The van der Waals surface area contributed by atoms with E-state index in [1.807, 2.05) is 19.9 Å². The molecule has 266 valence electrons. The first-order chi connectivity index (χ1) is 24.0. The quantitative estimate of drug-likeness (QED) is 0.139. The number of hydrogen-bond acceptors (Lipinski definition) is 8. The zero-order chi connectivity index (χ0) is 36.2. The van der Waals surface area contributed by atoms with Crippen LogP contribution in [0.1, 0.15) is 58.5 Å². The molecule has 0 saturated carbocycles. The number of amides is 3. The van der Waals surface area contributed by atoms with Crippen LogP contribution in [0.4, 0.5) is 19.3 Å². The van der Waals surface area contributed by atoms with Crippen molar-refractivity contribution < 1.29 is 37.4 Å². The van der Waals surface area contributed by atoms with Crippen molar-refractivity contribution >= 4 is 23.6 Å². The largest absolute Gasteiger partial charge is 0.452 e. The van der Waals surface area contributed by atoms with Gasteiger partial charge in [0.1, 0.15) is 17.9 Å². The fourth-order valence-electron chi connectivity index (χ4n) is 5.55. The molecule has 4 rings (SSSR count). The molecule has 0 fully saturated rings. The van der Waals surface area contributed by atoms with Gasteiger partial charge in [0.15, 0.2) is 0 Å². The smallest absolute Gasteiger partial charge is 0.413 e. The lowest BCUT2D eigenvalue weighted by Crippen LogP contribution is -2.48. The maximum absolute atomic E-state index is 14.1. The van der Waals surface area contributed by atoms with Gasteiger partial charge in [0, 0.05) is 61.7 Å². The van der Waals surface area contributed by atoms with Gasteiger partial charge in [-0.15, -0.1) is 0 Å². The molecule has 0 aliphatic rings. The predicted octanol–water partition coefficient (Wildman–Crippen LogP) is 5.58. The molecule has 0 radical (unpaired) electrons. The van der Waals surface area contributed by atoms with Crippen LogP contribution in [-0.4, -0.2) is 78.8 Å². The number of aliphatic hydroxyl groups is 1. The van der Waals surface area contributed by atoms with E-state index in [2.05, 4.69) is 15.6 Å². The average molecular weight is 692 g/mol. The Morgan fingerprint density at radius 2 is 1.66 bits per heavy atom. The van der Waals surface area contributed by atoms with E-state index in [1.54, 1.807) is 36.2 Å². The standard InChI is InChI=1S/C37H43F2N5O6/c1-5-11-44(12-6-2)36(47)28-19-26(18-27(20-28)35-41-10-13-50-35)34(46)42-32(17-25-14-29(38)21-30(39)15-25)33(45)23-40-22-24-8-7-9-31(16-24)43(3)37(48)49-4/h7-10,13-16,18-21,32-33,40,45H,5-6,11-12,17,22-23H2,1-4H3,(H,42,46)/t32-,33+/m1/s1. The highest BCUT2D eigenvalue weighted by atomic mass is 19.1. The van der Waals surface area contributed by atoms with E-state index >= 15 is 0 Å². The van der Waals surface area contributed by atoms with Crippen LogP contribution in [0.5, 0.6) is 0 Å². The SMILES string of the molecule is CCCN(CCC)C(=O)c1cc(C(=O)N[C@H](Cc2cc(F)cc(F)c2)[C@@H](O)CNCc2cccc(N(C)C(=O)OC)c2)cc(-c2ncco2)c1. The van der Waals surface area contributed by atoms with Crippen molar-refractivity contribution in [2.75, 3.05) is 38.7 Å². The van der Waals surface area contributed by atoms with Gasteiger partial charge in [0.05, 0.1) is 25.5 Å². The summed E-state index contributed by atoms with van der Waals surface area (Å²) < 4.78 is 38.5. The van der Waals surface area contributed by atoms with Gasteiger partial charge in [-0.25, -0.2) is 18.6 Å². The normalized spacial score (nSPS) is 12.2. The monoisotopic (exact) mass is 691 g/mol. The van der Waals surface area contributed by atoms with Gasteiger partial charge in [-0.05, 0) is 72.9 Å². The summed E-state index contributed by atoms with van der Waals surface area (Å²) in [7, 11) is 2.87. The van der Waals surface area contributed by atoms with E-state index in [4.69, 9.17) is 9.15 Å². The number of halogens is 2. The van der Waals surface area contributed by atoms with Crippen molar-refractivity contribution in [1.82, 2.24) is 20.5 Å². The van der Waals surface area contributed by atoms with Crippen LogP contribution >= 0.6 is 0 Å². The van der Waals surface area contributed by atoms with Crippen molar-refractivity contribution in [2.24, 2.45) is 0 Å². The van der Waals surface area contributed by atoms with Crippen molar-refractivity contribution in [3.8, 4) is 11.5 Å². The highest BCUT2D eigenvalue weighted by Crippen LogP contribution is 2.23. The summed E-state index contributed by atoms with van der Waals surface area (Å²) in [4.78, 5) is 46.7. The Labute approximate surface area is 290 Å². The van der Waals surface area contributed by atoms with Gasteiger partial charge in [-0.1, -0.05) is 26.0 Å². The van der Waals surface area contributed by atoms with E-state index in [-0.39, 0.29) is 41.5 Å². The lowest BCUT2D eigenvalue weighted by Gasteiger charge is -2.26. The Kier molecular flexibility index (Phi) is 13.6. The Hall–Kier alpha value is -5.14. The Morgan fingerprint density at radius 3 is 2.30 bits per heavy atom. The fraction of sp³-hybridized carbons (Fsp3) is 0.351. The molecule has 1 aromatic heterocycles. The molecule has 1 heterocycles. The number of anilines is 1. The van der Waals surface area contributed by atoms with Crippen LogP contribution in [0.2, 0.25) is 0 Å². The van der Waals surface area contributed by atoms with Crippen molar-refractivity contribution in [2.45, 2.75) is 51.8 Å². The zero-order valence-electron chi connectivity index (χ0n) is 28.6. The number of nitrogens with one attached hydrogen (secondary N) is 2. The lowest BCUT2D eigenvalue weighted by atomic mass is 9.99. The molecule has 11 nitrogen and oxygen atoms in total. The molecule has 0 unspecified atom stereocenters. The molecule has 2 atom stereocenters. The number of methoxy groups -OCH3 is 1. The Bertz CT molecular complexity index is 1730. The molecule has 0 spiro atoms. The van der Waals surface area contributed by atoms with E-state index in [9.17, 15) is 28.3 Å². The summed E-state index contributed by atoms with van der Waals surface area (Å²) in [6, 6.07) is 13.8. The highest BCUT2D eigenvalue weighted by Gasteiger charge is 2.25. The first-order valence-corrected chi connectivity index (χ1v) is 16.4. The summed E-state index contributed by atoms with van der Waals surface area (Å²) >= 11 is 0. The Balaban J connectivity index is 1.59. The number of ether oxygens (including phenoxy) is 1. The van der Waals surface area contributed by atoms with Gasteiger partial charge in [0.2, 0.25) is 5.89 Å². The minimum Gasteiger partial charge on any atom is -0.452 e. The molecule has 3 N–H and O–H groups in total. The molecule has 0 saturated heterocycles. The molecular weight excluding hydrogens is 648 g/mol. The molecule has 4 aromatic rings. The van der Waals surface area contributed by atoms with Crippen LogP contribution in [-0.2, 0) is 17.7 Å². The van der Waals surface area contributed by atoms with Crippen LogP contribution in [0, 0.1) is 11.6 Å². The molecule has 3 aromatic carbocycles. The van der Waals surface area contributed by atoms with Gasteiger partial charge in [0.25, 0.3) is 11.8 Å². The third-order valence-electron chi connectivity index (χ3n) is 7.98. The number of carbonyl (C=O) groups excluding carboxylic acids is 3. The second kappa shape index (κ2) is 18.0. The molecule has 13 heteroatoms. The summed E-state index contributed by atoms with van der Waals surface area (Å²) in [5.74, 6) is -2.25. The zero-order valence-corrected chi connectivity index (χ0v) is 28.6. The summed E-state index contributed by atoms with van der Waals surface area (Å²) in [6.45, 7) is 5.31. The minimum absolute atomic E-state index is 0.0110. The Morgan fingerprint density at radius 1 is 0.960 bits per heavy atom. The highest BCUT2D eigenvalue weighted by molar-refractivity contribution is 6.01. The maximum atomic E-state index is 14.1. The topological polar surface area (TPSA) is 137 Å². The number of hydrogen-bond donors (Lipinski definition) is 3. The molecule has 0 aliphatic carbocycles. The number of benzene rings is 3. The minimum atomic E-state index is -1.22. The molecule has 0 bridgehead atoms. The maximum Gasteiger partial charge on any atom is 0.413 e. The van der Waals surface area contributed by atoms with Gasteiger partial charge in [-0.2, -0.15) is 0 Å². The molecule has 0 aliphatic heterocycles. The van der Waals surface area contributed by atoms with E-state index in [0.29, 0.717) is 30.9 Å². The molecule has 3 amide bonds. The summed E-state index contributed by atoms with van der Waals surface area (Å²) in [6.07, 6.45) is 2.50. The number of aromatic nitrogens is 1. The van der Waals surface area contributed by atoms with E-state index in [0.717, 1.165) is 36.6 Å². The lowest BCUT2D eigenvalue weighted by molar-refractivity contribution is 0.0755. The number of oxazole rings is 1. The van der Waals surface area contributed by atoms with Gasteiger partial charge < -0.3 is 29.8 Å². The molecule has 50 heavy (non-hydrogen) atoms. The van der Waals surface area contributed by atoms with Crippen LogP contribution in [0.15, 0.2) is 77.5 Å². The van der Waals surface area contributed by atoms with E-state index < -0.39 is 35.8 Å². The summed E-state index contributed by atoms with van der Waals surface area (Å²) in [5, 5.41) is 17.3. The number of rotatable bonds is 16. The van der Waals surface area contributed by atoms with Crippen molar-refractivity contribution in [3.63, 3.8) is 0 Å². The first kappa shape index (κ1) is 37.7. The van der Waals surface area contributed by atoms with Crippen molar-refractivity contribution in [1.29, 1.82) is 0 Å². The number of nitrogens with zero attached hydrogens (tertiary/aromatic N) is 3. The number of aliphatic hydroxyl groups excluding tert-OH is 1. The van der Waals surface area contributed by atoms with Crippen LogP contribution in [0.25, 0.3) is 11.5 Å². The number of carbonyl (C=O) groups is 3. The third kappa shape index (κ3) is 10.2. The average Bonchev–Trinajstić information content (AvgIpc) is 3.65. The van der Waals surface area contributed by atoms with Gasteiger partial charge >= 0.3 is 6.09 Å². The van der Waals surface area contributed by atoms with Gasteiger partial charge in [-0.3, -0.25) is 14.5 Å². The van der Waals surface area contributed by atoms with Crippen LogP contribution in [0.3, 0.4) is 0 Å². The summed E-state index contributed by atoms with van der Waals surface area (Å²) in [5.41, 5.74) is 2.42. The van der Waals surface area contributed by atoms with E-state index in [1.165, 1.54) is 36.6 Å². The predicted molar refractivity (Wildman–Crippen MR) is 185 cm³/mol. The third-order valence-corrected chi connectivity index (χ3v) is 7.98.